The third-order valence-electron chi connectivity index (χ3n) is 0.561. The van der Waals surface area contributed by atoms with Gasteiger partial charge in [-0.15, -0.1) is 0 Å². The van der Waals surface area contributed by atoms with Crippen LogP contribution in [0, 0.1) is 0 Å². The van der Waals surface area contributed by atoms with E-state index in [-0.39, 0.29) is 0 Å². The van der Waals surface area contributed by atoms with Gasteiger partial charge >= 0.3 is 0 Å². The summed E-state index contributed by atoms with van der Waals surface area (Å²) in [6, 6.07) is 0. The third-order valence-corrected chi connectivity index (χ3v) is 0.561. The van der Waals surface area contributed by atoms with Crippen molar-refractivity contribution < 1.29 is 4.84 Å². The minimum absolute atomic E-state index is 0.620. The maximum absolute atomic E-state index is 4.68. The van der Waals surface area contributed by atoms with Gasteiger partial charge in [0.1, 0.15) is 5.76 Å². The van der Waals surface area contributed by atoms with Crippen LogP contribution >= 0.6 is 0 Å². The molecule has 0 aromatic heterocycles. The van der Waals surface area contributed by atoms with Crippen molar-refractivity contribution in [2.75, 3.05) is 0 Å². The lowest BCUT2D eigenvalue weighted by Crippen LogP contribution is -1.95. The van der Waals surface area contributed by atoms with E-state index in [2.05, 4.69) is 17.3 Å². The average molecular weight is 87.1 g/mol. The van der Waals surface area contributed by atoms with E-state index >= 15 is 0 Å². The van der Waals surface area contributed by atoms with Crippen LogP contribution < -0.4 is 5.90 Å². The first kappa shape index (κ1) is 5.50. The van der Waals surface area contributed by atoms with Gasteiger partial charge in [-0.2, -0.15) is 5.90 Å². The van der Waals surface area contributed by atoms with Gasteiger partial charge < -0.3 is 4.84 Å². The van der Waals surface area contributed by atoms with E-state index in [0.717, 1.165) is 6.42 Å². The average Bonchev–Trinajstić information content (AvgIpc) is 1.65. The van der Waals surface area contributed by atoms with Gasteiger partial charge in [0.15, 0.2) is 0 Å². The second-order valence-electron chi connectivity index (χ2n) is 1.01. The Balaban J connectivity index is 2.99. The van der Waals surface area contributed by atoms with Crippen molar-refractivity contribution in [2.45, 2.75) is 13.3 Å². The molecule has 2 N–H and O–H groups in total. The molecule has 0 aromatic rings. The highest BCUT2D eigenvalue weighted by molar-refractivity contribution is 4.77. The lowest BCUT2D eigenvalue weighted by atomic mass is 10.4. The number of nitrogens with two attached hydrogens (primary N) is 1. The molecule has 2 heteroatoms. The zero-order chi connectivity index (χ0) is 4.99. The van der Waals surface area contributed by atoms with E-state index in [1.54, 1.807) is 0 Å². The summed E-state index contributed by atoms with van der Waals surface area (Å²) in [4.78, 5) is 4.20. The summed E-state index contributed by atoms with van der Waals surface area (Å²) in [7, 11) is 0. The second kappa shape index (κ2) is 2.72. The normalized spacial score (nSPS) is 7.67. The van der Waals surface area contributed by atoms with Crippen LogP contribution in [0.3, 0.4) is 0 Å². The van der Waals surface area contributed by atoms with E-state index in [1.165, 1.54) is 0 Å². The Bertz CT molecular complexity index is 45.5. The predicted octanol–water partition coefficient (Wildman–Crippen LogP) is 0.800. The van der Waals surface area contributed by atoms with Crippen molar-refractivity contribution in [3.8, 4) is 0 Å². The Labute approximate surface area is 37.6 Å². The summed E-state index contributed by atoms with van der Waals surface area (Å²) >= 11 is 0. The predicted molar refractivity (Wildman–Crippen MR) is 24.7 cm³/mol. The highest BCUT2D eigenvalue weighted by Crippen LogP contribution is 1.90. The first-order valence-corrected chi connectivity index (χ1v) is 1.85. The molecule has 2 nitrogen and oxygen atoms in total. The quantitative estimate of drug-likeness (QED) is 0.399. The Kier molecular flexibility index (Phi) is 2.50. The van der Waals surface area contributed by atoms with Gasteiger partial charge in [-0.05, 0) is 0 Å². The summed E-state index contributed by atoms with van der Waals surface area (Å²) in [6.45, 7) is 5.37. The molecule has 0 heterocycles. The molecule has 0 aliphatic heterocycles. The number of rotatable bonds is 2. The van der Waals surface area contributed by atoms with Crippen molar-refractivity contribution >= 4 is 0 Å². The van der Waals surface area contributed by atoms with Crippen molar-refractivity contribution in [2.24, 2.45) is 5.90 Å². The van der Waals surface area contributed by atoms with Gasteiger partial charge in [0.2, 0.25) is 0 Å². The molecule has 0 spiro atoms. The Hall–Kier alpha value is -0.500. The van der Waals surface area contributed by atoms with Gasteiger partial charge in [0.05, 0.1) is 0 Å². The fourth-order valence-electron chi connectivity index (χ4n) is 0.0833. The first-order valence-electron chi connectivity index (χ1n) is 1.85. The number of hydrogen-bond donors (Lipinski definition) is 1. The molecule has 6 heavy (non-hydrogen) atoms. The standard InChI is InChI=1S/C4H9NO/c1-3-4(2)6-5/h2-3,5H2,1H3. The van der Waals surface area contributed by atoms with Crippen LogP contribution in [0.15, 0.2) is 12.3 Å². The molecular formula is C4H9NO. The first-order chi connectivity index (χ1) is 2.81. The van der Waals surface area contributed by atoms with Crippen molar-refractivity contribution in [1.29, 1.82) is 0 Å². The van der Waals surface area contributed by atoms with E-state index in [1.807, 2.05) is 6.92 Å². The SMILES string of the molecule is C=C(CC)ON. The van der Waals surface area contributed by atoms with Crippen molar-refractivity contribution in [3.05, 3.63) is 12.3 Å². The molecule has 0 aliphatic carbocycles. The molecule has 0 unspecified atom stereocenters. The maximum atomic E-state index is 4.68. The molecule has 0 atom stereocenters. The van der Waals surface area contributed by atoms with Crippen LogP contribution in [0.5, 0.6) is 0 Å². The lowest BCUT2D eigenvalue weighted by Gasteiger charge is -1.93. The molecule has 0 aromatic carbocycles. The molecule has 0 radical (unpaired) electrons. The van der Waals surface area contributed by atoms with E-state index in [0.29, 0.717) is 5.76 Å². The smallest absolute Gasteiger partial charge is 0.116 e. The molecule has 0 amide bonds. The minimum Gasteiger partial charge on any atom is -0.417 e. The summed E-state index contributed by atoms with van der Waals surface area (Å²) in [6.07, 6.45) is 0.788. The fraction of sp³-hybridized carbons (Fsp3) is 0.500. The lowest BCUT2D eigenvalue weighted by molar-refractivity contribution is 0.214. The molecule has 36 valence electrons. The van der Waals surface area contributed by atoms with E-state index in [9.17, 15) is 0 Å². The third kappa shape index (κ3) is 1.79. The van der Waals surface area contributed by atoms with E-state index in [4.69, 9.17) is 0 Å². The molecule has 0 aliphatic rings. The summed E-state index contributed by atoms with van der Waals surface area (Å²) in [5.74, 6) is 5.30. The molecule has 0 fully saturated rings. The Morgan fingerprint density at radius 2 is 2.50 bits per heavy atom. The van der Waals surface area contributed by atoms with Crippen molar-refractivity contribution in [1.82, 2.24) is 0 Å². The monoisotopic (exact) mass is 87.1 g/mol. The summed E-state index contributed by atoms with van der Waals surface area (Å²) in [5.41, 5.74) is 0. The van der Waals surface area contributed by atoms with Crippen LogP contribution in [0.2, 0.25) is 0 Å². The second-order valence-corrected chi connectivity index (χ2v) is 1.01. The topological polar surface area (TPSA) is 35.2 Å². The zero-order valence-electron chi connectivity index (χ0n) is 3.90. The molecule has 0 saturated carbocycles. The van der Waals surface area contributed by atoms with Crippen LogP contribution in [0.1, 0.15) is 13.3 Å². The highest BCUT2D eigenvalue weighted by Gasteiger charge is 1.79. The van der Waals surface area contributed by atoms with E-state index < -0.39 is 0 Å². The van der Waals surface area contributed by atoms with Crippen LogP contribution in [-0.4, -0.2) is 0 Å². The molecule has 0 rings (SSSR count). The number of allylic oxidation sites excluding steroid dienone is 1. The van der Waals surface area contributed by atoms with Crippen LogP contribution in [0.25, 0.3) is 0 Å². The maximum Gasteiger partial charge on any atom is 0.116 e. The molecule has 0 saturated heterocycles. The van der Waals surface area contributed by atoms with Gasteiger partial charge in [-0.3, -0.25) is 0 Å². The summed E-state index contributed by atoms with van der Waals surface area (Å²) in [5, 5.41) is 0. The van der Waals surface area contributed by atoms with Gasteiger partial charge in [0, 0.05) is 6.42 Å². The molecular weight excluding hydrogens is 78.0 g/mol. The minimum atomic E-state index is 0.620. The van der Waals surface area contributed by atoms with Gasteiger partial charge in [0.25, 0.3) is 0 Å². The zero-order valence-corrected chi connectivity index (χ0v) is 3.90. The number of hydrogen-bond acceptors (Lipinski definition) is 2. The largest absolute Gasteiger partial charge is 0.417 e. The highest BCUT2D eigenvalue weighted by atomic mass is 16.6. The fourth-order valence-corrected chi connectivity index (χ4v) is 0.0833. The van der Waals surface area contributed by atoms with Gasteiger partial charge in [-0.1, -0.05) is 13.5 Å². The Morgan fingerprint density at radius 1 is 2.00 bits per heavy atom. The Morgan fingerprint density at radius 3 is 2.50 bits per heavy atom. The molecule has 0 bridgehead atoms. The van der Waals surface area contributed by atoms with Crippen LogP contribution in [-0.2, 0) is 4.84 Å². The van der Waals surface area contributed by atoms with Crippen LogP contribution in [0.4, 0.5) is 0 Å². The summed E-state index contributed by atoms with van der Waals surface area (Å²) < 4.78 is 0. The van der Waals surface area contributed by atoms with Gasteiger partial charge in [-0.25, -0.2) is 0 Å². The van der Waals surface area contributed by atoms with Crippen molar-refractivity contribution in [3.63, 3.8) is 0 Å².